The SMILES string of the molecule is CCCCCC=CCCCCCCCC[SiH]1O[SiH2]O[Si](CCC)(CCC)O[Si](CCC)(CCC)O[SiH](CCC)O1. The summed E-state index contributed by atoms with van der Waals surface area (Å²) in [6.07, 6.45) is 24.8. The predicted molar refractivity (Wildman–Crippen MR) is 186 cm³/mol. The molecule has 0 amide bonds. The molecule has 0 aromatic rings. The van der Waals surface area contributed by atoms with Gasteiger partial charge in [0.1, 0.15) is 0 Å². The second-order valence-electron chi connectivity index (χ2n) is 11.9. The van der Waals surface area contributed by atoms with Gasteiger partial charge < -0.3 is 20.6 Å². The Kier molecular flexibility index (Phi) is 24.2. The Bertz CT molecular complexity index is 601. The number of hydrogen-bond donors (Lipinski definition) is 0. The molecular formula is C30H68O5Si5. The molecular weight excluding hydrogens is 581 g/mol. The molecule has 1 saturated heterocycles. The van der Waals surface area contributed by atoms with E-state index in [-0.39, 0.29) is 0 Å². The van der Waals surface area contributed by atoms with Gasteiger partial charge >= 0.3 is 35.7 Å². The lowest BCUT2D eigenvalue weighted by Crippen LogP contribution is -2.59. The van der Waals surface area contributed by atoms with Gasteiger partial charge in [-0.3, -0.25) is 0 Å². The van der Waals surface area contributed by atoms with Gasteiger partial charge in [0.2, 0.25) is 0 Å². The van der Waals surface area contributed by atoms with Crippen molar-refractivity contribution in [3.8, 4) is 0 Å². The largest absolute Gasteiger partial charge is 0.422 e. The summed E-state index contributed by atoms with van der Waals surface area (Å²) in [5.74, 6) is 0. The number of rotatable bonds is 23. The molecule has 1 fully saturated rings. The Morgan fingerprint density at radius 2 is 1.10 bits per heavy atom. The van der Waals surface area contributed by atoms with E-state index in [0.29, 0.717) is 0 Å². The Hall–Kier alpha value is 0.624. The molecule has 0 spiro atoms. The molecule has 40 heavy (non-hydrogen) atoms. The number of unbranched alkanes of at least 4 members (excludes halogenated alkanes) is 9. The zero-order chi connectivity index (χ0) is 29.4. The first kappa shape index (κ1) is 38.6. The molecule has 2 atom stereocenters. The first-order valence-electron chi connectivity index (χ1n) is 17.5. The highest BCUT2D eigenvalue weighted by Gasteiger charge is 2.49. The van der Waals surface area contributed by atoms with E-state index in [2.05, 4.69) is 53.7 Å². The molecule has 1 rings (SSSR count). The summed E-state index contributed by atoms with van der Waals surface area (Å²) in [7, 11) is -9.39. The number of hydrogen-bond acceptors (Lipinski definition) is 5. The fourth-order valence-electron chi connectivity index (χ4n) is 5.87. The first-order chi connectivity index (χ1) is 19.5. The highest BCUT2D eigenvalue weighted by Crippen LogP contribution is 2.34. The lowest BCUT2D eigenvalue weighted by Gasteiger charge is -2.44. The van der Waals surface area contributed by atoms with Crippen molar-refractivity contribution in [1.82, 2.24) is 0 Å². The van der Waals surface area contributed by atoms with Crippen molar-refractivity contribution in [2.24, 2.45) is 0 Å². The van der Waals surface area contributed by atoms with Crippen LogP contribution in [0.15, 0.2) is 12.2 Å². The maximum absolute atomic E-state index is 7.31. The smallest absolute Gasteiger partial charge is 0.320 e. The van der Waals surface area contributed by atoms with Crippen LogP contribution in [0.25, 0.3) is 0 Å². The predicted octanol–water partition coefficient (Wildman–Crippen LogP) is 9.32. The van der Waals surface area contributed by atoms with E-state index in [9.17, 15) is 0 Å². The molecule has 1 aliphatic rings. The van der Waals surface area contributed by atoms with Crippen molar-refractivity contribution in [3.05, 3.63) is 12.2 Å². The molecule has 2 unspecified atom stereocenters. The van der Waals surface area contributed by atoms with Crippen LogP contribution in [0.2, 0.25) is 36.3 Å². The third-order valence-electron chi connectivity index (χ3n) is 7.85. The second-order valence-corrected chi connectivity index (χ2v) is 26.0. The molecule has 0 saturated carbocycles. The maximum Gasteiger partial charge on any atom is 0.320 e. The summed E-state index contributed by atoms with van der Waals surface area (Å²) < 4.78 is 34.8. The third-order valence-corrected chi connectivity index (χ3v) is 27.6. The summed E-state index contributed by atoms with van der Waals surface area (Å²) in [6.45, 7) is 13.7. The van der Waals surface area contributed by atoms with Gasteiger partial charge in [0.25, 0.3) is 10.0 Å². The van der Waals surface area contributed by atoms with E-state index < -0.39 is 45.7 Å². The van der Waals surface area contributed by atoms with Crippen LogP contribution >= 0.6 is 0 Å². The standard InChI is InChI=1S/C30H68O5Si5/c1-7-13-14-15-16-17-18-19-20-21-22-23-24-26-37-31-36-32-39(27-9-3,28-10-4)35-40(29-11-5,30-12-6)34-38(33-37)25-8-2/h16-17,37-38H,7-15,18-30,36H2,1-6H3. The molecule has 0 aromatic heterocycles. The van der Waals surface area contributed by atoms with Gasteiger partial charge in [-0.25, -0.2) is 0 Å². The summed E-state index contributed by atoms with van der Waals surface area (Å²) in [5.41, 5.74) is 0. The molecule has 10 heteroatoms. The molecule has 1 heterocycles. The van der Waals surface area contributed by atoms with Gasteiger partial charge in [0, 0.05) is 0 Å². The normalized spacial score (nSPS) is 22.2. The van der Waals surface area contributed by atoms with Gasteiger partial charge in [-0.15, -0.1) is 0 Å². The first-order valence-corrected chi connectivity index (χ1v) is 26.6. The molecule has 0 bridgehead atoms. The summed E-state index contributed by atoms with van der Waals surface area (Å²) in [6, 6.07) is 6.48. The minimum absolute atomic E-state index is 1.07. The van der Waals surface area contributed by atoms with E-state index in [0.717, 1.165) is 68.4 Å². The average molecular weight is 649 g/mol. The monoisotopic (exact) mass is 648 g/mol. The minimum atomic E-state index is -2.37. The Labute approximate surface area is 258 Å². The molecule has 0 aromatic carbocycles. The van der Waals surface area contributed by atoms with Crippen molar-refractivity contribution < 1.29 is 20.6 Å². The van der Waals surface area contributed by atoms with Crippen molar-refractivity contribution in [2.45, 2.75) is 181 Å². The van der Waals surface area contributed by atoms with E-state index >= 15 is 0 Å². The number of allylic oxidation sites excluding steroid dienone is 2. The Morgan fingerprint density at radius 1 is 0.550 bits per heavy atom. The van der Waals surface area contributed by atoms with Gasteiger partial charge in [-0.05, 0) is 61.9 Å². The van der Waals surface area contributed by atoms with Crippen LogP contribution in [0.3, 0.4) is 0 Å². The average Bonchev–Trinajstić information content (AvgIpc) is 2.91. The van der Waals surface area contributed by atoms with Crippen LogP contribution in [-0.2, 0) is 20.6 Å². The topological polar surface area (TPSA) is 46.2 Å². The lowest BCUT2D eigenvalue weighted by molar-refractivity contribution is 0.254. The van der Waals surface area contributed by atoms with Crippen LogP contribution in [0, 0.1) is 0 Å². The molecule has 0 radical (unpaired) electrons. The fourth-order valence-corrected chi connectivity index (χ4v) is 27.9. The molecule has 238 valence electrons. The van der Waals surface area contributed by atoms with Crippen molar-refractivity contribution >= 4 is 45.7 Å². The molecule has 1 aliphatic heterocycles. The summed E-state index contributed by atoms with van der Waals surface area (Å²) in [5, 5.41) is 0. The molecule has 5 nitrogen and oxygen atoms in total. The fraction of sp³-hybridized carbons (Fsp3) is 0.933. The van der Waals surface area contributed by atoms with Gasteiger partial charge in [-0.1, -0.05) is 131 Å². The van der Waals surface area contributed by atoms with Crippen LogP contribution in [0.1, 0.15) is 144 Å². The van der Waals surface area contributed by atoms with Gasteiger partial charge in [0.05, 0.1) is 0 Å². The summed E-state index contributed by atoms with van der Waals surface area (Å²) >= 11 is 0. The second kappa shape index (κ2) is 25.0. The van der Waals surface area contributed by atoms with Crippen molar-refractivity contribution in [3.63, 3.8) is 0 Å². The highest BCUT2D eigenvalue weighted by atomic mass is 28.5. The van der Waals surface area contributed by atoms with E-state index in [1.54, 1.807) is 0 Å². The maximum atomic E-state index is 7.31. The van der Waals surface area contributed by atoms with Gasteiger partial charge in [-0.2, -0.15) is 0 Å². The third kappa shape index (κ3) is 17.1. The van der Waals surface area contributed by atoms with Crippen LogP contribution in [0.5, 0.6) is 0 Å². The highest BCUT2D eigenvalue weighted by molar-refractivity contribution is 6.86. The van der Waals surface area contributed by atoms with Crippen LogP contribution in [0.4, 0.5) is 0 Å². The van der Waals surface area contributed by atoms with Crippen LogP contribution in [-0.4, -0.2) is 45.7 Å². The quantitative estimate of drug-likeness (QED) is 0.0628. The van der Waals surface area contributed by atoms with Crippen molar-refractivity contribution in [1.29, 1.82) is 0 Å². The van der Waals surface area contributed by atoms with Crippen LogP contribution < -0.4 is 0 Å². The zero-order valence-electron chi connectivity index (χ0n) is 27.6. The Balaban J connectivity index is 2.70. The zero-order valence-corrected chi connectivity index (χ0v) is 33.3. The van der Waals surface area contributed by atoms with E-state index in [1.807, 2.05) is 0 Å². The van der Waals surface area contributed by atoms with E-state index in [4.69, 9.17) is 20.6 Å². The summed E-state index contributed by atoms with van der Waals surface area (Å²) in [4.78, 5) is 0. The van der Waals surface area contributed by atoms with E-state index in [1.165, 1.54) is 70.6 Å². The van der Waals surface area contributed by atoms with Gasteiger partial charge in [0.15, 0.2) is 0 Å². The molecule has 0 N–H and O–H groups in total. The molecule has 0 aliphatic carbocycles. The van der Waals surface area contributed by atoms with Crippen molar-refractivity contribution in [2.75, 3.05) is 0 Å². The lowest BCUT2D eigenvalue weighted by atomic mass is 10.1. The Morgan fingerprint density at radius 3 is 1.68 bits per heavy atom. The minimum Gasteiger partial charge on any atom is -0.422 e.